The first-order valence-electron chi connectivity index (χ1n) is 5.01. The molecule has 0 heterocycles. The first kappa shape index (κ1) is 9.61. The van der Waals surface area contributed by atoms with Crippen molar-refractivity contribution in [2.75, 3.05) is 6.54 Å². The first-order valence-corrected chi connectivity index (χ1v) is 5.01. The summed E-state index contributed by atoms with van der Waals surface area (Å²) in [7, 11) is 0. The van der Waals surface area contributed by atoms with Crippen LogP contribution in [0.15, 0.2) is 0 Å². The van der Waals surface area contributed by atoms with Gasteiger partial charge < -0.3 is 5.32 Å². The second kappa shape index (κ2) is 5.22. The smallest absolute Gasteiger partial charge is 0.0211 e. The van der Waals surface area contributed by atoms with Crippen LogP contribution in [0, 0.1) is 18.3 Å². The van der Waals surface area contributed by atoms with E-state index in [9.17, 15) is 0 Å². The highest BCUT2D eigenvalue weighted by Crippen LogP contribution is 2.27. The molecule has 1 N–H and O–H groups in total. The Labute approximate surface area is 75.9 Å². The van der Waals surface area contributed by atoms with Gasteiger partial charge in [-0.15, -0.1) is 12.3 Å². The maximum atomic E-state index is 5.18. The van der Waals surface area contributed by atoms with Gasteiger partial charge in [-0.25, -0.2) is 0 Å². The Morgan fingerprint density at radius 2 is 2.17 bits per heavy atom. The fourth-order valence-corrected chi connectivity index (χ4v) is 2.00. The Kier molecular flexibility index (Phi) is 4.18. The highest BCUT2D eigenvalue weighted by molar-refractivity contribution is 4.85. The molecule has 0 aromatic carbocycles. The van der Waals surface area contributed by atoms with E-state index in [1.165, 1.54) is 25.7 Å². The largest absolute Gasteiger partial charge is 0.313 e. The topological polar surface area (TPSA) is 12.0 Å². The molecule has 1 atom stereocenters. The van der Waals surface area contributed by atoms with Gasteiger partial charge in [0.25, 0.3) is 0 Å². The predicted octanol–water partition coefficient (Wildman–Crippen LogP) is 2.18. The van der Waals surface area contributed by atoms with Gasteiger partial charge >= 0.3 is 0 Å². The van der Waals surface area contributed by atoms with Gasteiger partial charge in [0, 0.05) is 19.0 Å². The minimum atomic E-state index is 0.667. The third-order valence-electron chi connectivity index (χ3n) is 2.84. The summed E-state index contributed by atoms with van der Waals surface area (Å²) in [4.78, 5) is 0. The summed E-state index contributed by atoms with van der Waals surface area (Å²) in [5, 5.41) is 3.48. The van der Waals surface area contributed by atoms with E-state index < -0.39 is 0 Å². The molecule has 0 bridgehead atoms. The molecule has 0 spiro atoms. The molecule has 1 aliphatic carbocycles. The Morgan fingerprint density at radius 1 is 1.50 bits per heavy atom. The highest BCUT2D eigenvalue weighted by atomic mass is 14.9. The van der Waals surface area contributed by atoms with Gasteiger partial charge in [0.1, 0.15) is 0 Å². The van der Waals surface area contributed by atoms with Crippen LogP contribution in [0.3, 0.4) is 0 Å². The van der Waals surface area contributed by atoms with E-state index in [2.05, 4.69) is 18.2 Å². The molecule has 0 unspecified atom stereocenters. The lowest BCUT2D eigenvalue weighted by molar-refractivity contribution is 0.385. The Hall–Kier alpha value is -0.480. The van der Waals surface area contributed by atoms with Gasteiger partial charge in [-0.3, -0.25) is 0 Å². The predicted molar refractivity (Wildman–Crippen MR) is 52.9 cm³/mol. The van der Waals surface area contributed by atoms with E-state index in [-0.39, 0.29) is 0 Å². The molecule has 0 amide bonds. The second-order valence-corrected chi connectivity index (χ2v) is 3.74. The van der Waals surface area contributed by atoms with E-state index in [1.807, 2.05) is 0 Å². The quantitative estimate of drug-likeness (QED) is 0.497. The minimum Gasteiger partial charge on any atom is -0.313 e. The molecular weight excluding hydrogens is 146 g/mol. The lowest BCUT2D eigenvalue weighted by atomic mass is 10.00. The average molecular weight is 165 g/mol. The van der Waals surface area contributed by atoms with E-state index in [4.69, 9.17) is 6.42 Å². The first-order chi connectivity index (χ1) is 5.84. The van der Waals surface area contributed by atoms with Crippen LogP contribution in [0.25, 0.3) is 0 Å². The van der Waals surface area contributed by atoms with Crippen LogP contribution in [0.1, 0.15) is 39.0 Å². The number of rotatable bonds is 4. The summed E-state index contributed by atoms with van der Waals surface area (Å²) in [6, 6.07) is 0.667. The third-order valence-corrected chi connectivity index (χ3v) is 2.84. The number of nitrogens with one attached hydrogen (secondary N) is 1. The molecule has 0 aromatic rings. The van der Waals surface area contributed by atoms with Crippen molar-refractivity contribution in [1.29, 1.82) is 0 Å². The number of terminal acetylenes is 1. The van der Waals surface area contributed by atoms with Crippen molar-refractivity contribution in [3.05, 3.63) is 0 Å². The Morgan fingerprint density at radius 3 is 2.75 bits per heavy atom. The summed E-state index contributed by atoms with van der Waals surface area (Å²) >= 11 is 0. The molecule has 1 saturated carbocycles. The van der Waals surface area contributed by atoms with Crippen LogP contribution >= 0.6 is 0 Å². The molecule has 0 radical (unpaired) electrons. The zero-order chi connectivity index (χ0) is 8.81. The fourth-order valence-electron chi connectivity index (χ4n) is 2.00. The maximum absolute atomic E-state index is 5.18. The standard InChI is InChI=1S/C11H19N/c1-3-4-9-12-10(2)11-7-5-6-8-11/h1,10-12H,4-9H2,2H3/t10-/m0/s1. The van der Waals surface area contributed by atoms with Crippen molar-refractivity contribution >= 4 is 0 Å². The van der Waals surface area contributed by atoms with Crippen molar-refractivity contribution < 1.29 is 0 Å². The average Bonchev–Trinajstić information content (AvgIpc) is 2.56. The van der Waals surface area contributed by atoms with E-state index in [0.717, 1.165) is 18.9 Å². The Balaban J connectivity index is 2.10. The van der Waals surface area contributed by atoms with Gasteiger partial charge in [0.15, 0.2) is 0 Å². The summed E-state index contributed by atoms with van der Waals surface area (Å²) in [6.07, 6.45) is 11.7. The van der Waals surface area contributed by atoms with Crippen LogP contribution in [0.5, 0.6) is 0 Å². The Bertz CT molecular complexity index is 151. The maximum Gasteiger partial charge on any atom is 0.0211 e. The van der Waals surface area contributed by atoms with E-state index >= 15 is 0 Å². The lowest BCUT2D eigenvalue weighted by Gasteiger charge is -2.19. The summed E-state index contributed by atoms with van der Waals surface area (Å²) in [5.74, 6) is 3.56. The van der Waals surface area contributed by atoms with Gasteiger partial charge in [-0.05, 0) is 25.7 Å². The summed E-state index contributed by atoms with van der Waals surface area (Å²) in [6.45, 7) is 3.26. The van der Waals surface area contributed by atoms with Crippen LogP contribution in [-0.4, -0.2) is 12.6 Å². The molecule has 1 fully saturated rings. The normalized spacial score (nSPS) is 20.7. The monoisotopic (exact) mass is 165 g/mol. The molecule has 0 aliphatic heterocycles. The molecule has 1 rings (SSSR count). The van der Waals surface area contributed by atoms with Crippen LogP contribution in [0.2, 0.25) is 0 Å². The second-order valence-electron chi connectivity index (χ2n) is 3.74. The van der Waals surface area contributed by atoms with Gasteiger partial charge in [-0.2, -0.15) is 0 Å². The zero-order valence-corrected chi connectivity index (χ0v) is 7.97. The van der Waals surface area contributed by atoms with Gasteiger partial charge in [0.05, 0.1) is 0 Å². The molecule has 0 saturated heterocycles. The van der Waals surface area contributed by atoms with Crippen molar-refractivity contribution in [3.63, 3.8) is 0 Å². The molecule has 1 heteroatoms. The molecule has 1 nitrogen and oxygen atoms in total. The van der Waals surface area contributed by atoms with Crippen LogP contribution in [-0.2, 0) is 0 Å². The van der Waals surface area contributed by atoms with Gasteiger partial charge in [0.2, 0.25) is 0 Å². The van der Waals surface area contributed by atoms with Crippen molar-refractivity contribution in [1.82, 2.24) is 5.32 Å². The molecular formula is C11H19N. The molecule has 12 heavy (non-hydrogen) atoms. The highest BCUT2D eigenvalue weighted by Gasteiger charge is 2.20. The molecule has 1 aliphatic rings. The number of hydrogen-bond donors (Lipinski definition) is 1. The molecule has 68 valence electrons. The SMILES string of the molecule is C#CCCN[C@@H](C)C1CCCC1. The third kappa shape index (κ3) is 2.87. The van der Waals surface area contributed by atoms with Crippen LogP contribution in [0.4, 0.5) is 0 Å². The number of hydrogen-bond acceptors (Lipinski definition) is 1. The summed E-state index contributed by atoms with van der Waals surface area (Å²) in [5.41, 5.74) is 0. The lowest BCUT2D eigenvalue weighted by Crippen LogP contribution is -2.32. The molecule has 0 aromatic heterocycles. The fraction of sp³-hybridized carbons (Fsp3) is 0.818. The van der Waals surface area contributed by atoms with Gasteiger partial charge in [-0.1, -0.05) is 12.8 Å². The summed E-state index contributed by atoms with van der Waals surface area (Å²) < 4.78 is 0. The van der Waals surface area contributed by atoms with E-state index in [1.54, 1.807) is 0 Å². The van der Waals surface area contributed by atoms with Crippen LogP contribution < -0.4 is 5.32 Å². The minimum absolute atomic E-state index is 0.667. The van der Waals surface area contributed by atoms with Crippen molar-refractivity contribution in [3.8, 4) is 12.3 Å². The van der Waals surface area contributed by atoms with E-state index in [0.29, 0.717) is 6.04 Å². The van der Waals surface area contributed by atoms with Crippen molar-refractivity contribution in [2.45, 2.75) is 45.1 Å². The van der Waals surface area contributed by atoms with Crippen molar-refractivity contribution in [2.24, 2.45) is 5.92 Å². The zero-order valence-electron chi connectivity index (χ0n) is 7.97.